The van der Waals surface area contributed by atoms with Gasteiger partial charge < -0.3 is 16.0 Å². The van der Waals surface area contributed by atoms with Gasteiger partial charge in [-0.3, -0.25) is 14.3 Å². The molecule has 1 aromatic heterocycles. The molecule has 0 aliphatic heterocycles. The maximum absolute atomic E-state index is 13.1. The predicted molar refractivity (Wildman–Crippen MR) is 138 cm³/mol. The van der Waals surface area contributed by atoms with Crippen molar-refractivity contribution in [2.75, 3.05) is 5.32 Å². The van der Waals surface area contributed by atoms with E-state index < -0.39 is 15.9 Å². The van der Waals surface area contributed by atoms with Gasteiger partial charge in [-0.25, -0.2) is 4.68 Å². The van der Waals surface area contributed by atoms with Crippen molar-refractivity contribution in [3.63, 3.8) is 0 Å². The van der Waals surface area contributed by atoms with Crippen LogP contribution in [0.5, 0.6) is 0 Å². The fourth-order valence-corrected chi connectivity index (χ4v) is 3.66. The number of benzene rings is 2. The molecular formula is C22H22Cl3N5O2S. The first-order valence-electron chi connectivity index (χ1n) is 9.85. The van der Waals surface area contributed by atoms with Crippen molar-refractivity contribution in [3.05, 3.63) is 81.8 Å². The molecule has 0 bridgehead atoms. The molecule has 7 nitrogen and oxygen atoms in total. The third kappa shape index (κ3) is 5.89. The normalized spacial score (nSPS) is 12.2. The Morgan fingerprint density at radius 2 is 1.61 bits per heavy atom. The average molecular weight is 527 g/mol. The average Bonchev–Trinajstić information content (AvgIpc) is 2.96. The lowest BCUT2D eigenvalue weighted by Gasteiger charge is -2.27. The van der Waals surface area contributed by atoms with Gasteiger partial charge in [0.05, 0.1) is 11.4 Å². The van der Waals surface area contributed by atoms with E-state index in [9.17, 15) is 9.59 Å². The van der Waals surface area contributed by atoms with E-state index in [0.29, 0.717) is 16.9 Å². The summed E-state index contributed by atoms with van der Waals surface area (Å²) in [5.74, 6) is -0.455. The van der Waals surface area contributed by atoms with Gasteiger partial charge in [0.15, 0.2) is 5.11 Å². The Morgan fingerprint density at radius 1 is 1.00 bits per heavy atom. The summed E-state index contributed by atoms with van der Waals surface area (Å²) in [4.78, 5) is 25.7. The van der Waals surface area contributed by atoms with Gasteiger partial charge >= 0.3 is 0 Å². The number of para-hydroxylation sites is 1. The lowest BCUT2D eigenvalue weighted by atomic mass is 10.1. The lowest BCUT2D eigenvalue weighted by Crippen LogP contribution is -2.56. The molecule has 11 heteroatoms. The quantitative estimate of drug-likeness (QED) is 0.264. The molecule has 2 aromatic carbocycles. The summed E-state index contributed by atoms with van der Waals surface area (Å²) >= 11 is 23.6. The molecule has 3 N–H and O–H groups in total. The number of nitrogens with zero attached hydrogens (tertiary/aromatic N) is 2. The van der Waals surface area contributed by atoms with Crippen molar-refractivity contribution in [2.45, 2.75) is 23.8 Å². The Bertz CT molecular complexity index is 1220. The van der Waals surface area contributed by atoms with Crippen molar-refractivity contribution in [1.82, 2.24) is 20.0 Å². The number of nitrogens with one attached hydrogen (secondary N) is 3. The van der Waals surface area contributed by atoms with E-state index in [0.717, 1.165) is 5.56 Å². The van der Waals surface area contributed by atoms with Crippen LogP contribution in [-0.2, 0) is 7.05 Å². The van der Waals surface area contributed by atoms with Crippen LogP contribution < -0.4 is 21.5 Å². The number of aromatic nitrogens is 2. The van der Waals surface area contributed by atoms with Gasteiger partial charge in [-0.05, 0) is 50.3 Å². The molecule has 0 aliphatic carbocycles. The molecular weight excluding hydrogens is 505 g/mol. The number of carbonyl (C=O) groups excluding carboxylic acids is 1. The number of hydrogen-bond acceptors (Lipinski definition) is 3. The molecule has 1 atom stereocenters. The van der Waals surface area contributed by atoms with Crippen molar-refractivity contribution < 1.29 is 4.79 Å². The zero-order chi connectivity index (χ0) is 24.3. The molecule has 0 aliphatic rings. The number of halogens is 3. The highest BCUT2D eigenvalue weighted by Gasteiger charge is 2.35. The minimum absolute atomic E-state index is 0.00143. The highest BCUT2D eigenvalue weighted by molar-refractivity contribution is 7.80. The summed E-state index contributed by atoms with van der Waals surface area (Å²) in [7, 11) is 1.76. The second kappa shape index (κ2) is 10.2. The first-order valence-corrected chi connectivity index (χ1v) is 11.4. The number of anilines is 1. The molecule has 1 unspecified atom stereocenters. The van der Waals surface area contributed by atoms with E-state index in [1.165, 1.54) is 4.68 Å². The lowest BCUT2D eigenvalue weighted by molar-refractivity contribution is 0.0934. The van der Waals surface area contributed by atoms with Crippen LogP contribution in [0.15, 0.2) is 59.4 Å². The molecule has 0 radical (unpaired) electrons. The molecule has 0 saturated carbocycles. The topological polar surface area (TPSA) is 80.1 Å². The van der Waals surface area contributed by atoms with E-state index in [2.05, 4.69) is 16.0 Å². The second-order valence-corrected chi connectivity index (χ2v) is 10.1. The number of carbonyl (C=O) groups is 1. The number of aryl methyl sites for hydroxylation is 1. The van der Waals surface area contributed by atoms with E-state index >= 15 is 0 Å². The fraction of sp³-hybridized carbons (Fsp3) is 0.227. The molecule has 1 heterocycles. The van der Waals surface area contributed by atoms with Crippen LogP contribution in [0.25, 0.3) is 5.69 Å². The first kappa shape index (κ1) is 25.1. The third-order valence-corrected chi connectivity index (χ3v) is 5.86. The van der Waals surface area contributed by atoms with Crippen LogP contribution in [-0.4, -0.2) is 30.3 Å². The first-order chi connectivity index (χ1) is 15.5. The van der Waals surface area contributed by atoms with E-state index in [4.69, 9.17) is 47.0 Å². The van der Waals surface area contributed by atoms with Crippen molar-refractivity contribution >= 4 is 63.7 Å². The number of alkyl halides is 3. The van der Waals surface area contributed by atoms with Crippen molar-refractivity contribution in [3.8, 4) is 5.69 Å². The summed E-state index contributed by atoms with van der Waals surface area (Å²) < 4.78 is 1.28. The van der Waals surface area contributed by atoms with Crippen LogP contribution in [0.1, 0.15) is 21.6 Å². The van der Waals surface area contributed by atoms with Gasteiger partial charge in [-0.1, -0.05) is 70.7 Å². The van der Waals surface area contributed by atoms with Gasteiger partial charge in [0.25, 0.3) is 11.5 Å². The van der Waals surface area contributed by atoms with Crippen LogP contribution in [0.4, 0.5) is 5.69 Å². The van der Waals surface area contributed by atoms with Crippen LogP contribution in [0.2, 0.25) is 0 Å². The van der Waals surface area contributed by atoms with Gasteiger partial charge in [0, 0.05) is 12.6 Å². The van der Waals surface area contributed by atoms with E-state index in [-0.39, 0.29) is 16.4 Å². The Kier molecular flexibility index (Phi) is 7.74. The monoisotopic (exact) mass is 525 g/mol. The number of amides is 1. The predicted octanol–water partition coefficient (Wildman–Crippen LogP) is 4.21. The maximum atomic E-state index is 13.1. The Morgan fingerprint density at radius 3 is 2.18 bits per heavy atom. The van der Waals surface area contributed by atoms with Crippen LogP contribution >= 0.6 is 47.0 Å². The van der Waals surface area contributed by atoms with Gasteiger partial charge in [-0.2, -0.15) is 0 Å². The largest absolute Gasteiger partial charge is 0.339 e. The SMILES string of the molecule is Cc1ccc(C(=O)NC(NC(=S)Nc2c(C)n(C)n(-c3ccccc3)c2=O)C(Cl)(Cl)Cl)cc1. The molecule has 3 aromatic rings. The third-order valence-electron chi connectivity index (χ3n) is 4.98. The molecule has 0 saturated heterocycles. The summed E-state index contributed by atoms with van der Waals surface area (Å²) in [5, 5.41) is 8.27. The van der Waals surface area contributed by atoms with Crippen LogP contribution in [0.3, 0.4) is 0 Å². The molecule has 3 rings (SSSR count). The smallest absolute Gasteiger partial charge is 0.295 e. The van der Waals surface area contributed by atoms with Gasteiger partial charge in [0.2, 0.25) is 3.79 Å². The molecule has 33 heavy (non-hydrogen) atoms. The fourth-order valence-electron chi connectivity index (χ4n) is 3.11. The van der Waals surface area contributed by atoms with Crippen molar-refractivity contribution in [2.24, 2.45) is 7.05 Å². The molecule has 0 fully saturated rings. The Hall–Kier alpha value is -2.52. The summed E-state index contributed by atoms with van der Waals surface area (Å²) in [6.45, 7) is 3.69. The number of thiocarbonyl (C=S) groups is 1. The van der Waals surface area contributed by atoms with Gasteiger partial charge in [0.1, 0.15) is 11.9 Å². The minimum Gasteiger partial charge on any atom is -0.339 e. The Balaban J connectivity index is 1.79. The zero-order valence-corrected chi connectivity index (χ0v) is 21.1. The summed E-state index contributed by atoms with van der Waals surface area (Å²) in [6.07, 6.45) is -1.17. The van der Waals surface area contributed by atoms with Crippen LogP contribution in [0, 0.1) is 13.8 Å². The number of rotatable bonds is 5. The zero-order valence-electron chi connectivity index (χ0n) is 18.0. The van der Waals surface area contributed by atoms with E-state index in [1.807, 2.05) is 37.3 Å². The minimum atomic E-state index is -1.93. The summed E-state index contributed by atoms with van der Waals surface area (Å²) in [5.41, 5.74) is 2.69. The highest BCUT2D eigenvalue weighted by atomic mass is 35.6. The second-order valence-electron chi connectivity index (χ2n) is 7.35. The summed E-state index contributed by atoms with van der Waals surface area (Å²) in [6, 6.07) is 16.1. The number of hydrogen-bond donors (Lipinski definition) is 3. The Labute approximate surface area is 211 Å². The highest BCUT2D eigenvalue weighted by Crippen LogP contribution is 2.29. The van der Waals surface area contributed by atoms with E-state index in [1.54, 1.807) is 42.9 Å². The standard InChI is InChI=1S/C22H22Cl3N5O2S/c1-13-9-11-15(12-10-13)18(31)27-20(22(23,24)25)28-21(33)26-17-14(2)29(3)30(19(17)32)16-7-5-4-6-8-16/h4-12,20H,1-3H3,(H,27,31)(H2,26,28,33). The van der Waals surface area contributed by atoms with Gasteiger partial charge in [-0.15, -0.1) is 0 Å². The maximum Gasteiger partial charge on any atom is 0.295 e. The molecule has 1 amide bonds. The molecule has 0 spiro atoms. The van der Waals surface area contributed by atoms with Crippen molar-refractivity contribution in [1.29, 1.82) is 0 Å². The molecule has 174 valence electrons.